The van der Waals surface area contributed by atoms with Gasteiger partial charge in [-0.15, -0.1) is 10.2 Å². The van der Waals surface area contributed by atoms with Crippen LogP contribution in [0.3, 0.4) is 0 Å². The van der Waals surface area contributed by atoms with Gasteiger partial charge in [-0.2, -0.15) is 0 Å². The normalized spacial score (nSPS) is 10.4. The third-order valence-electron chi connectivity index (χ3n) is 2.12. The minimum absolute atomic E-state index is 0.384. The number of rotatable bonds is 3. The lowest BCUT2D eigenvalue weighted by Gasteiger charge is -2.03. The van der Waals surface area contributed by atoms with Crippen LogP contribution < -0.4 is 0 Å². The van der Waals surface area contributed by atoms with Crippen LogP contribution in [0.5, 0.6) is 0 Å². The first-order valence-corrected chi connectivity index (χ1v) is 5.48. The first-order valence-electron chi connectivity index (χ1n) is 5.10. The Morgan fingerprint density at radius 1 is 1.31 bits per heavy atom. The molecule has 0 bridgehead atoms. The van der Waals surface area contributed by atoms with Crippen LogP contribution in [0.15, 0.2) is 24.5 Å². The highest BCUT2D eigenvalue weighted by atomic mass is 35.5. The Labute approximate surface area is 98.7 Å². The average molecular weight is 235 g/mol. The summed E-state index contributed by atoms with van der Waals surface area (Å²) in [5.41, 5.74) is 1.64. The molecule has 0 aliphatic heterocycles. The molecule has 0 aliphatic rings. The van der Waals surface area contributed by atoms with Crippen molar-refractivity contribution in [2.45, 2.75) is 19.8 Å². The Morgan fingerprint density at radius 2 is 2.19 bits per heavy atom. The van der Waals surface area contributed by atoms with Crippen molar-refractivity contribution in [1.82, 2.24) is 20.2 Å². The van der Waals surface area contributed by atoms with E-state index in [0.717, 1.165) is 24.1 Å². The molecule has 0 amide bonds. The van der Waals surface area contributed by atoms with E-state index in [1.807, 2.05) is 12.1 Å². The van der Waals surface area contributed by atoms with Gasteiger partial charge in [-0.25, -0.2) is 4.98 Å². The Bertz CT molecular complexity index is 473. The van der Waals surface area contributed by atoms with Gasteiger partial charge in [-0.05, 0) is 18.6 Å². The van der Waals surface area contributed by atoms with Crippen molar-refractivity contribution in [2.75, 3.05) is 0 Å². The monoisotopic (exact) mass is 234 g/mol. The zero-order valence-corrected chi connectivity index (χ0v) is 9.65. The van der Waals surface area contributed by atoms with E-state index in [4.69, 9.17) is 11.6 Å². The molecular weight excluding hydrogens is 224 g/mol. The van der Waals surface area contributed by atoms with E-state index in [0.29, 0.717) is 11.0 Å². The van der Waals surface area contributed by atoms with Gasteiger partial charge in [0.05, 0.1) is 5.69 Å². The fraction of sp³-hybridized carbons (Fsp3) is 0.273. The molecule has 0 N–H and O–H groups in total. The number of nitrogens with zero attached hydrogens (tertiary/aromatic N) is 4. The van der Waals surface area contributed by atoms with E-state index >= 15 is 0 Å². The fourth-order valence-electron chi connectivity index (χ4n) is 1.36. The summed E-state index contributed by atoms with van der Waals surface area (Å²) >= 11 is 5.91. The molecule has 2 aromatic rings. The van der Waals surface area contributed by atoms with Crippen LogP contribution in [0.4, 0.5) is 0 Å². The molecule has 5 heteroatoms. The van der Waals surface area contributed by atoms with Gasteiger partial charge in [0.2, 0.25) is 0 Å². The highest BCUT2D eigenvalue weighted by Gasteiger charge is 2.07. The lowest BCUT2D eigenvalue weighted by atomic mass is 10.2. The molecule has 0 saturated carbocycles. The molecule has 0 aliphatic carbocycles. The summed E-state index contributed by atoms with van der Waals surface area (Å²) in [5, 5.41) is 8.24. The SMILES string of the molecule is CCCc1nc(-c2cccnc2)nnc1Cl. The number of hydrogen-bond acceptors (Lipinski definition) is 4. The summed E-state index contributed by atoms with van der Waals surface area (Å²) in [6.45, 7) is 2.07. The number of halogens is 1. The molecule has 2 heterocycles. The molecule has 0 fully saturated rings. The van der Waals surface area contributed by atoms with Gasteiger partial charge in [-0.1, -0.05) is 24.9 Å². The minimum Gasteiger partial charge on any atom is -0.264 e. The van der Waals surface area contributed by atoms with Gasteiger partial charge in [0, 0.05) is 18.0 Å². The molecule has 0 radical (unpaired) electrons. The molecule has 0 aromatic carbocycles. The van der Waals surface area contributed by atoms with Crippen LogP contribution in [-0.4, -0.2) is 20.2 Å². The Balaban J connectivity index is 2.40. The van der Waals surface area contributed by atoms with Crippen molar-refractivity contribution in [3.05, 3.63) is 35.4 Å². The van der Waals surface area contributed by atoms with E-state index in [-0.39, 0.29) is 0 Å². The molecule has 4 nitrogen and oxygen atoms in total. The van der Waals surface area contributed by atoms with Gasteiger partial charge >= 0.3 is 0 Å². The van der Waals surface area contributed by atoms with Crippen LogP contribution >= 0.6 is 11.6 Å². The highest BCUT2D eigenvalue weighted by molar-refractivity contribution is 6.29. The van der Waals surface area contributed by atoms with Crippen molar-refractivity contribution in [3.8, 4) is 11.4 Å². The second-order valence-electron chi connectivity index (χ2n) is 3.36. The average Bonchev–Trinajstić information content (AvgIpc) is 2.33. The smallest absolute Gasteiger partial charge is 0.183 e. The standard InChI is InChI=1S/C11H11ClN4/c1-2-4-9-10(12)15-16-11(14-9)8-5-3-6-13-7-8/h3,5-7H,2,4H2,1H3. The molecule has 16 heavy (non-hydrogen) atoms. The number of pyridine rings is 1. The maximum Gasteiger partial charge on any atom is 0.183 e. The topological polar surface area (TPSA) is 51.6 Å². The first-order chi connectivity index (χ1) is 7.81. The molecule has 82 valence electrons. The second kappa shape index (κ2) is 4.99. The summed E-state index contributed by atoms with van der Waals surface area (Å²) < 4.78 is 0. The van der Waals surface area contributed by atoms with E-state index < -0.39 is 0 Å². The van der Waals surface area contributed by atoms with Crippen molar-refractivity contribution in [3.63, 3.8) is 0 Å². The predicted molar refractivity (Wildman–Crippen MR) is 62.1 cm³/mol. The van der Waals surface area contributed by atoms with Gasteiger partial charge in [-0.3, -0.25) is 4.98 Å². The van der Waals surface area contributed by atoms with Gasteiger partial charge in [0.25, 0.3) is 0 Å². The number of hydrogen-bond donors (Lipinski definition) is 0. The zero-order chi connectivity index (χ0) is 11.4. The lowest BCUT2D eigenvalue weighted by molar-refractivity contribution is 0.841. The Morgan fingerprint density at radius 3 is 2.88 bits per heavy atom. The van der Waals surface area contributed by atoms with Crippen LogP contribution in [0, 0.1) is 0 Å². The molecule has 0 unspecified atom stereocenters. The van der Waals surface area contributed by atoms with Crippen LogP contribution in [0.25, 0.3) is 11.4 Å². The second-order valence-corrected chi connectivity index (χ2v) is 3.72. The largest absolute Gasteiger partial charge is 0.264 e. The van der Waals surface area contributed by atoms with E-state index in [9.17, 15) is 0 Å². The van der Waals surface area contributed by atoms with E-state index in [1.54, 1.807) is 12.4 Å². The van der Waals surface area contributed by atoms with Crippen LogP contribution in [0.1, 0.15) is 19.0 Å². The quantitative estimate of drug-likeness (QED) is 0.819. The molecule has 0 atom stereocenters. The summed E-state index contributed by atoms with van der Waals surface area (Å²) in [7, 11) is 0. The third-order valence-corrected chi connectivity index (χ3v) is 2.41. The molecule has 0 spiro atoms. The lowest BCUT2D eigenvalue weighted by Crippen LogP contribution is -2.00. The molecule has 2 rings (SSSR count). The van der Waals surface area contributed by atoms with E-state index in [1.165, 1.54) is 0 Å². The van der Waals surface area contributed by atoms with Crippen LogP contribution in [-0.2, 0) is 6.42 Å². The van der Waals surface area contributed by atoms with Gasteiger partial charge < -0.3 is 0 Å². The van der Waals surface area contributed by atoms with E-state index in [2.05, 4.69) is 27.1 Å². The Kier molecular flexibility index (Phi) is 3.41. The van der Waals surface area contributed by atoms with Gasteiger partial charge in [0.15, 0.2) is 11.0 Å². The summed E-state index contributed by atoms with van der Waals surface area (Å²) in [4.78, 5) is 8.41. The molecule has 2 aromatic heterocycles. The van der Waals surface area contributed by atoms with Gasteiger partial charge in [0.1, 0.15) is 0 Å². The van der Waals surface area contributed by atoms with Crippen molar-refractivity contribution < 1.29 is 0 Å². The molecular formula is C11H11ClN4. The Hall–Kier alpha value is -1.55. The zero-order valence-electron chi connectivity index (χ0n) is 8.89. The summed E-state index contributed by atoms with van der Waals surface area (Å²) in [6.07, 6.45) is 5.20. The first kappa shape index (κ1) is 11.0. The van der Waals surface area contributed by atoms with Crippen molar-refractivity contribution >= 4 is 11.6 Å². The maximum atomic E-state index is 5.91. The molecule has 0 saturated heterocycles. The predicted octanol–water partition coefficient (Wildman–Crippen LogP) is 2.54. The van der Waals surface area contributed by atoms with Crippen molar-refractivity contribution in [2.24, 2.45) is 0 Å². The summed E-state index contributed by atoms with van der Waals surface area (Å²) in [6, 6.07) is 3.74. The van der Waals surface area contributed by atoms with Crippen molar-refractivity contribution in [1.29, 1.82) is 0 Å². The van der Waals surface area contributed by atoms with Crippen LogP contribution in [0.2, 0.25) is 5.15 Å². The fourth-order valence-corrected chi connectivity index (χ4v) is 1.53. The number of aryl methyl sites for hydroxylation is 1. The number of aromatic nitrogens is 4. The minimum atomic E-state index is 0.384. The summed E-state index contributed by atoms with van der Waals surface area (Å²) in [5.74, 6) is 0.570. The third kappa shape index (κ3) is 2.33. The maximum absolute atomic E-state index is 5.91. The highest BCUT2D eigenvalue weighted by Crippen LogP contribution is 2.16.